The molecule has 0 fully saturated rings. The minimum Gasteiger partial charge on any atom is -0.491 e. The summed E-state index contributed by atoms with van der Waals surface area (Å²) < 4.78 is 5.62. The molecule has 0 heterocycles. The lowest BCUT2D eigenvalue weighted by Gasteiger charge is -2.17. The molecule has 2 unspecified atom stereocenters. The third kappa shape index (κ3) is 7.48. The fraction of sp³-hybridized carbons (Fsp3) is 0.632. The van der Waals surface area contributed by atoms with E-state index in [2.05, 4.69) is 26.1 Å². The van der Waals surface area contributed by atoms with Crippen molar-refractivity contribution in [2.75, 3.05) is 0 Å². The van der Waals surface area contributed by atoms with Gasteiger partial charge in [0, 0.05) is 12.5 Å². The van der Waals surface area contributed by atoms with E-state index in [4.69, 9.17) is 4.74 Å². The van der Waals surface area contributed by atoms with Gasteiger partial charge in [0.25, 0.3) is 0 Å². The van der Waals surface area contributed by atoms with E-state index in [1.807, 2.05) is 38.1 Å². The number of rotatable bonds is 9. The maximum absolute atomic E-state index is 12.0. The van der Waals surface area contributed by atoms with E-state index >= 15 is 0 Å². The second-order valence-electron chi connectivity index (χ2n) is 6.53. The van der Waals surface area contributed by atoms with Crippen molar-refractivity contribution in [1.82, 2.24) is 5.32 Å². The van der Waals surface area contributed by atoms with Crippen LogP contribution in [-0.4, -0.2) is 18.1 Å². The van der Waals surface area contributed by atoms with E-state index in [0.717, 1.165) is 25.0 Å². The van der Waals surface area contributed by atoms with Crippen molar-refractivity contribution in [3.8, 4) is 5.75 Å². The first-order valence-corrected chi connectivity index (χ1v) is 8.45. The van der Waals surface area contributed by atoms with Crippen molar-refractivity contribution in [2.45, 2.75) is 72.4 Å². The van der Waals surface area contributed by atoms with Crippen LogP contribution in [0.5, 0.6) is 5.75 Å². The molecule has 0 aliphatic rings. The van der Waals surface area contributed by atoms with Crippen molar-refractivity contribution in [3.63, 3.8) is 0 Å². The van der Waals surface area contributed by atoms with E-state index in [9.17, 15) is 4.79 Å². The summed E-state index contributed by atoms with van der Waals surface area (Å²) in [6.45, 7) is 10.5. The summed E-state index contributed by atoms with van der Waals surface area (Å²) in [5, 5.41) is 3.09. The number of carbonyl (C=O) groups is 1. The fourth-order valence-electron chi connectivity index (χ4n) is 2.44. The Morgan fingerprint density at radius 3 is 2.32 bits per heavy atom. The summed E-state index contributed by atoms with van der Waals surface area (Å²) in [6, 6.07) is 8.27. The zero-order valence-electron chi connectivity index (χ0n) is 14.7. The number of benzene rings is 1. The van der Waals surface area contributed by atoms with Gasteiger partial charge in [-0.3, -0.25) is 4.79 Å². The predicted molar refractivity (Wildman–Crippen MR) is 92.2 cm³/mol. The predicted octanol–water partition coefficient (Wildman–Crippen LogP) is 4.35. The zero-order valence-corrected chi connectivity index (χ0v) is 14.7. The third-order valence-corrected chi connectivity index (χ3v) is 3.80. The molecule has 0 spiro atoms. The molecule has 1 aromatic rings. The summed E-state index contributed by atoms with van der Waals surface area (Å²) in [4.78, 5) is 12.0. The zero-order chi connectivity index (χ0) is 16.5. The Balaban J connectivity index is 2.34. The van der Waals surface area contributed by atoms with Gasteiger partial charge in [-0.2, -0.15) is 0 Å². The molecule has 0 aromatic heterocycles. The van der Waals surface area contributed by atoms with Gasteiger partial charge < -0.3 is 10.1 Å². The first-order chi connectivity index (χ1) is 10.4. The van der Waals surface area contributed by atoms with Gasteiger partial charge in [-0.25, -0.2) is 0 Å². The first kappa shape index (κ1) is 18.5. The number of aryl methyl sites for hydroxylation is 1. The highest BCUT2D eigenvalue weighted by Gasteiger charge is 2.10. The number of ether oxygens (including phenoxy) is 1. The molecule has 0 aliphatic heterocycles. The lowest BCUT2D eigenvalue weighted by Crippen LogP contribution is -2.33. The molecule has 124 valence electrons. The minimum absolute atomic E-state index is 0.137. The molecule has 0 saturated heterocycles. The highest BCUT2D eigenvalue weighted by atomic mass is 16.5. The largest absolute Gasteiger partial charge is 0.491 e. The second-order valence-corrected chi connectivity index (χ2v) is 6.53. The van der Waals surface area contributed by atoms with Gasteiger partial charge in [0.15, 0.2) is 0 Å². The smallest absolute Gasteiger partial charge is 0.220 e. The van der Waals surface area contributed by atoms with Crippen LogP contribution in [0.15, 0.2) is 24.3 Å². The van der Waals surface area contributed by atoms with E-state index in [0.29, 0.717) is 12.3 Å². The Bertz CT molecular complexity index is 439. The Morgan fingerprint density at radius 1 is 1.14 bits per heavy atom. The summed E-state index contributed by atoms with van der Waals surface area (Å²) in [6.07, 6.45) is 3.69. The van der Waals surface area contributed by atoms with Crippen molar-refractivity contribution < 1.29 is 9.53 Å². The average Bonchev–Trinajstić information content (AvgIpc) is 2.45. The van der Waals surface area contributed by atoms with Crippen LogP contribution in [0.2, 0.25) is 0 Å². The molecule has 1 N–H and O–H groups in total. The number of hydrogen-bond acceptors (Lipinski definition) is 2. The molecule has 0 aliphatic carbocycles. The standard InChI is InChI=1S/C19H31NO2/c1-6-15(4)13-16(5)20-19(21)12-9-17-7-10-18(11-8-17)22-14(2)3/h7-8,10-11,14-16H,6,9,12-13H2,1-5H3,(H,20,21). The SMILES string of the molecule is CCC(C)CC(C)NC(=O)CCc1ccc(OC(C)C)cc1. The van der Waals surface area contributed by atoms with Crippen LogP contribution in [0.25, 0.3) is 0 Å². The van der Waals surface area contributed by atoms with Crippen LogP contribution < -0.4 is 10.1 Å². The Morgan fingerprint density at radius 2 is 1.77 bits per heavy atom. The molecule has 1 aromatic carbocycles. The first-order valence-electron chi connectivity index (χ1n) is 8.45. The van der Waals surface area contributed by atoms with E-state index in [1.54, 1.807) is 0 Å². The third-order valence-electron chi connectivity index (χ3n) is 3.80. The molecular formula is C19H31NO2. The highest BCUT2D eigenvalue weighted by Crippen LogP contribution is 2.15. The lowest BCUT2D eigenvalue weighted by molar-refractivity contribution is -0.121. The summed E-state index contributed by atoms with van der Waals surface area (Å²) in [5.74, 6) is 1.67. The normalized spacial score (nSPS) is 13.7. The molecule has 0 saturated carbocycles. The maximum Gasteiger partial charge on any atom is 0.220 e. The molecular weight excluding hydrogens is 274 g/mol. The molecule has 1 amide bonds. The number of nitrogens with one attached hydrogen (secondary N) is 1. The van der Waals surface area contributed by atoms with Gasteiger partial charge in [0.2, 0.25) is 5.91 Å². The van der Waals surface area contributed by atoms with Crippen LogP contribution in [0.3, 0.4) is 0 Å². The molecule has 1 rings (SSSR count). The molecule has 22 heavy (non-hydrogen) atoms. The average molecular weight is 305 g/mol. The van der Waals surface area contributed by atoms with Gasteiger partial charge >= 0.3 is 0 Å². The number of hydrogen-bond donors (Lipinski definition) is 1. The Hall–Kier alpha value is -1.51. The Kier molecular flexibility index (Phi) is 8.00. The monoisotopic (exact) mass is 305 g/mol. The summed E-state index contributed by atoms with van der Waals surface area (Å²) in [5.41, 5.74) is 1.17. The summed E-state index contributed by atoms with van der Waals surface area (Å²) >= 11 is 0. The van der Waals surface area contributed by atoms with Gasteiger partial charge in [0.1, 0.15) is 5.75 Å². The van der Waals surface area contributed by atoms with Gasteiger partial charge in [-0.1, -0.05) is 32.4 Å². The van der Waals surface area contributed by atoms with Gasteiger partial charge in [-0.15, -0.1) is 0 Å². The topological polar surface area (TPSA) is 38.3 Å². The molecule has 2 atom stereocenters. The number of amides is 1. The van der Waals surface area contributed by atoms with Gasteiger partial charge in [-0.05, 0) is 57.2 Å². The summed E-state index contributed by atoms with van der Waals surface area (Å²) in [7, 11) is 0. The van der Waals surface area contributed by atoms with Crippen LogP contribution >= 0.6 is 0 Å². The molecule has 0 radical (unpaired) electrons. The van der Waals surface area contributed by atoms with Crippen molar-refractivity contribution in [1.29, 1.82) is 0 Å². The van der Waals surface area contributed by atoms with Crippen molar-refractivity contribution in [2.24, 2.45) is 5.92 Å². The van der Waals surface area contributed by atoms with Crippen molar-refractivity contribution >= 4 is 5.91 Å². The van der Waals surface area contributed by atoms with E-state index in [-0.39, 0.29) is 18.1 Å². The fourth-order valence-corrected chi connectivity index (χ4v) is 2.44. The van der Waals surface area contributed by atoms with E-state index in [1.165, 1.54) is 5.56 Å². The lowest BCUT2D eigenvalue weighted by atomic mass is 10.00. The minimum atomic E-state index is 0.137. The van der Waals surface area contributed by atoms with Crippen LogP contribution in [0.1, 0.15) is 59.4 Å². The maximum atomic E-state index is 12.0. The molecule has 0 bridgehead atoms. The van der Waals surface area contributed by atoms with Gasteiger partial charge in [0.05, 0.1) is 6.10 Å². The van der Waals surface area contributed by atoms with Crippen LogP contribution in [0.4, 0.5) is 0 Å². The quantitative estimate of drug-likeness (QED) is 0.736. The Labute approximate surface area is 135 Å². The van der Waals surface area contributed by atoms with E-state index < -0.39 is 0 Å². The molecule has 3 heteroatoms. The number of carbonyl (C=O) groups excluding carboxylic acids is 1. The molecule has 3 nitrogen and oxygen atoms in total. The highest BCUT2D eigenvalue weighted by molar-refractivity contribution is 5.76. The van der Waals surface area contributed by atoms with Crippen LogP contribution in [0, 0.1) is 5.92 Å². The van der Waals surface area contributed by atoms with Crippen LogP contribution in [-0.2, 0) is 11.2 Å². The van der Waals surface area contributed by atoms with Crippen molar-refractivity contribution in [3.05, 3.63) is 29.8 Å². The second kappa shape index (κ2) is 9.50.